The third-order valence-electron chi connectivity index (χ3n) is 2.26. The molecular weight excluding hydrogens is 231 g/mol. The van der Waals surface area contributed by atoms with Gasteiger partial charge in [0.2, 0.25) is 0 Å². The molecule has 0 radical (unpaired) electrons. The van der Waals surface area contributed by atoms with Crippen LogP contribution in [0.4, 0.5) is 0 Å². The lowest BCUT2D eigenvalue weighted by atomic mass is 10.3. The summed E-state index contributed by atoms with van der Waals surface area (Å²) in [5, 5.41) is 0. The van der Waals surface area contributed by atoms with Crippen molar-refractivity contribution in [3.63, 3.8) is 0 Å². The zero-order valence-corrected chi connectivity index (χ0v) is 11.2. The number of hydrogen-bond donors (Lipinski definition) is 2. The zero-order chi connectivity index (χ0) is 12.7. The maximum absolute atomic E-state index is 11.3. The summed E-state index contributed by atoms with van der Waals surface area (Å²) in [7, 11) is -4.41. The van der Waals surface area contributed by atoms with E-state index in [2.05, 4.69) is 0 Å². The SMILES string of the molecule is CCCCOC(C)(OCCCC)P(=O)(O)O. The van der Waals surface area contributed by atoms with E-state index in [4.69, 9.17) is 9.47 Å². The van der Waals surface area contributed by atoms with Crippen LogP contribution < -0.4 is 0 Å². The smallest absolute Gasteiger partial charge is 0.340 e. The predicted octanol–water partition coefficient (Wildman–Crippen LogP) is 2.47. The average molecular weight is 254 g/mol. The van der Waals surface area contributed by atoms with Crippen molar-refractivity contribution in [3.8, 4) is 0 Å². The molecular formula is C10H23O5P. The van der Waals surface area contributed by atoms with Crippen LogP contribution in [0.25, 0.3) is 0 Å². The first-order valence-electron chi connectivity index (χ1n) is 5.71. The zero-order valence-electron chi connectivity index (χ0n) is 10.3. The molecule has 0 fully saturated rings. The topological polar surface area (TPSA) is 76.0 Å². The minimum Gasteiger partial charge on any atom is -0.340 e. The summed E-state index contributed by atoms with van der Waals surface area (Å²) >= 11 is 0. The van der Waals surface area contributed by atoms with Crippen LogP contribution in [0.2, 0.25) is 0 Å². The minimum atomic E-state index is -4.41. The molecule has 0 aromatic rings. The standard InChI is InChI=1S/C10H23O5P/c1-4-6-8-14-10(3,16(11,12)13)15-9-7-5-2/h4-9H2,1-3H3,(H2,11,12,13). The average Bonchev–Trinajstić information content (AvgIpc) is 2.17. The molecule has 16 heavy (non-hydrogen) atoms. The van der Waals surface area contributed by atoms with Gasteiger partial charge in [0, 0.05) is 6.92 Å². The second kappa shape index (κ2) is 7.41. The number of ether oxygens (including phenoxy) is 2. The molecule has 0 bridgehead atoms. The van der Waals surface area contributed by atoms with Crippen LogP contribution in [0.5, 0.6) is 0 Å². The first kappa shape index (κ1) is 16.1. The van der Waals surface area contributed by atoms with Crippen molar-refractivity contribution in [2.24, 2.45) is 0 Å². The summed E-state index contributed by atoms with van der Waals surface area (Å²) < 4.78 is 21.7. The van der Waals surface area contributed by atoms with Crippen molar-refractivity contribution < 1.29 is 23.8 Å². The molecule has 6 heteroatoms. The number of hydrogen-bond acceptors (Lipinski definition) is 3. The van der Waals surface area contributed by atoms with Crippen molar-refractivity contribution in [2.45, 2.75) is 52.0 Å². The Hall–Kier alpha value is 0.0700. The van der Waals surface area contributed by atoms with Crippen molar-refractivity contribution >= 4 is 7.60 Å². The quantitative estimate of drug-likeness (QED) is 0.375. The lowest BCUT2D eigenvalue weighted by Gasteiger charge is -2.30. The molecule has 0 aromatic heterocycles. The van der Waals surface area contributed by atoms with Gasteiger partial charge in [0.25, 0.3) is 5.53 Å². The predicted molar refractivity (Wildman–Crippen MR) is 62.2 cm³/mol. The Morgan fingerprint density at radius 1 is 1.06 bits per heavy atom. The molecule has 0 aliphatic heterocycles. The fourth-order valence-corrected chi connectivity index (χ4v) is 1.54. The Morgan fingerprint density at radius 3 is 1.69 bits per heavy atom. The van der Waals surface area contributed by atoms with Gasteiger partial charge in [-0.3, -0.25) is 4.57 Å². The van der Waals surface area contributed by atoms with Gasteiger partial charge in [-0.05, 0) is 12.8 Å². The molecule has 0 saturated heterocycles. The van der Waals surface area contributed by atoms with Crippen LogP contribution in [0.15, 0.2) is 0 Å². The highest BCUT2D eigenvalue weighted by Crippen LogP contribution is 2.51. The first-order valence-corrected chi connectivity index (χ1v) is 7.32. The Balaban J connectivity index is 4.32. The highest BCUT2D eigenvalue weighted by Gasteiger charge is 2.45. The van der Waals surface area contributed by atoms with Gasteiger partial charge in [0.1, 0.15) is 0 Å². The molecule has 0 unspecified atom stereocenters. The van der Waals surface area contributed by atoms with Gasteiger partial charge in [-0.1, -0.05) is 26.7 Å². The normalized spacial score (nSPS) is 13.1. The molecule has 0 heterocycles. The molecule has 0 amide bonds. The minimum absolute atomic E-state index is 0.296. The molecule has 0 saturated carbocycles. The maximum Gasteiger partial charge on any atom is 0.384 e. The van der Waals surface area contributed by atoms with Gasteiger partial charge in [-0.15, -0.1) is 0 Å². The van der Waals surface area contributed by atoms with E-state index in [-0.39, 0.29) is 0 Å². The summed E-state index contributed by atoms with van der Waals surface area (Å²) in [6.45, 7) is 5.86. The molecule has 0 aliphatic carbocycles. The second-order valence-electron chi connectivity index (χ2n) is 3.85. The summed E-state index contributed by atoms with van der Waals surface area (Å²) in [5.41, 5.74) is -1.79. The van der Waals surface area contributed by atoms with E-state index in [0.29, 0.717) is 13.2 Å². The van der Waals surface area contributed by atoms with E-state index in [9.17, 15) is 14.4 Å². The Kier molecular flexibility index (Phi) is 7.44. The van der Waals surface area contributed by atoms with Crippen LogP contribution in [0, 0.1) is 0 Å². The molecule has 98 valence electrons. The highest BCUT2D eigenvalue weighted by atomic mass is 31.2. The second-order valence-corrected chi connectivity index (χ2v) is 5.75. The largest absolute Gasteiger partial charge is 0.384 e. The summed E-state index contributed by atoms with van der Waals surface area (Å²) in [6.07, 6.45) is 3.33. The van der Waals surface area contributed by atoms with Gasteiger partial charge in [0.05, 0.1) is 13.2 Å². The molecule has 0 atom stereocenters. The van der Waals surface area contributed by atoms with E-state index < -0.39 is 13.1 Å². The van der Waals surface area contributed by atoms with Crippen molar-refractivity contribution in [3.05, 3.63) is 0 Å². The highest BCUT2D eigenvalue weighted by molar-refractivity contribution is 7.53. The van der Waals surface area contributed by atoms with Crippen molar-refractivity contribution in [1.29, 1.82) is 0 Å². The number of unbranched alkanes of at least 4 members (excludes halogenated alkanes) is 2. The van der Waals surface area contributed by atoms with E-state index in [1.54, 1.807) is 0 Å². The molecule has 5 nitrogen and oxygen atoms in total. The lowest BCUT2D eigenvalue weighted by Crippen LogP contribution is -2.33. The lowest BCUT2D eigenvalue weighted by molar-refractivity contribution is -0.179. The number of rotatable bonds is 9. The summed E-state index contributed by atoms with van der Waals surface area (Å²) in [4.78, 5) is 18.4. The molecule has 0 aromatic carbocycles. The monoisotopic (exact) mass is 254 g/mol. The van der Waals surface area contributed by atoms with Gasteiger partial charge in [-0.25, -0.2) is 0 Å². The van der Waals surface area contributed by atoms with E-state index >= 15 is 0 Å². The van der Waals surface area contributed by atoms with Crippen LogP contribution in [-0.4, -0.2) is 28.5 Å². The Bertz CT molecular complexity index is 215. The van der Waals surface area contributed by atoms with E-state index in [0.717, 1.165) is 25.7 Å². The van der Waals surface area contributed by atoms with Gasteiger partial charge < -0.3 is 19.3 Å². The fraction of sp³-hybridized carbons (Fsp3) is 1.00. The third-order valence-corrected chi connectivity index (χ3v) is 3.58. The molecule has 0 rings (SSSR count). The fourth-order valence-electron chi connectivity index (χ4n) is 1.02. The third kappa shape index (κ3) is 5.41. The molecule has 0 spiro atoms. The van der Waals surface area contributed by atoms with Crippen molar-refractivity contribution in [2.75, 3.05) is 13.2 Å². The van der Waals surface area contributed by atoms with Gasteiger partial charge in [0.15, 0.2) is 0 Å². The molecule has 0 aliphatic rings. The van der Waals surface area contributed by atoms with E-state index in [1.165, 1.54) is 6.92 Å². The summed E-state index contributed by atoms with van der Waals surface area (Å²) in [6, 6.07) is 0. The Morgan fingerprint density at radius 2 is 1.44 bits per heavy atom. The molecule has 2 N–H and O–H groups in total. The first-order chi connectivity index (χ1) is 7.37. The van der Waals surface area contributed by atoms with Crippen LogP contribution in [-0.2, 0) is 14.0 Å². The van der Waals surface area contributed by atoms with Gasteiger partial charge in [-0.2, -0.15) is 0 Å². The van der Waals surface area contributed by atoms with Gasteiger partial charge >= 0.3 is 7.60 Å². The van der Waals surface area contributed by atoms with Crippen LogP contribution in [0.3, 0.4) is 0 Å². The maximum atomic E-state index is 11.3. The van der Waals surface area contributed by atoms with Crippen LogP contribution in [0.1, 0.15) is 46.5 Å². The Labute approximate surface area is 97.3 Å². The van der Waals surface area contributed by atoms with E-state index in [1.807, 2.05) is 13.8 Å². The van der Waals surface area contributed by atoms with Crippen molar-refractivity contribution in [1.82, 2.24) is 0 Å². The summed E-state index contributed by atoms with van der Waals surface area (Å²) in [5.74, 6) is 0. The van der Waals surface area contributed by atoms with Crippen LogP contribution >= 0.6 is 7.60 Å².